The van der Waals surface area contributed by atoms with Gasteiger partial charge in [-0.3, -0.25) is 4.79 Å². The normalized spacial score (nSPS) is 11.2. The highest BCUT2D eigenvalue weighted by Crippen LogP contribution is 2.36. The highest BCUT2D eigenvalue weighted by atomic mass is 32.2. The summed E-state index contributed by atoms with van der Waals surface area (Å²) in [6, 6.07) is 34.4. The van der Waals surface area contributed by atoms with Crippen LogP contribution < -0.4 is 0 Å². The number of oxime groups is 1. The zero-order valence-electron chi connectivity index (χ0n) is 19.1. The van der Waals surface area contributed by atoms with Crippen LogP contribution in [0, 0.1) is 0 Å². The maximum Gasteiger partial charge on any atom is 0.365 e. The largest absolute Gasteiger partial charge is 0.365 e. The molecule has 0 bridgehead atoms. The lowest BCUT2D eigenvalue weighted by Gasteiger charge is -2.12. The van der Waals surface area contributed by atoms with Crippen molar-refractivity contribution in [2.24, 2.45) is 5.16 Å². The third-order valence-corrected chi connectivity index (χ3v) is 7.06. The van der Waals surface area contributed by atoms with E-state index in [1.54, 1.807) is 36.0 Å². The van der Waals surface area contributed by atoms with Gasteiger partial charge < -0.3 is 4.84 Å². The Bertz CT molecular complexity index is 1320. The van der Waals surface area contributed by atoms with Gasteiger partial charge in [-0.2, -0.15) is 0 Å². The summed E-state index contributed by atoms with van der Waals surface area (Å²) < 4.78 is 0. The fraction of sp³-hybridized carbons (Fsp3) is 0.0690. The van der Waals surface area contributed by atoms with E-state index in [0.717, 1.165) is 19.6 Å². The number of hydrogen-bond donors (Lipinski definition) is 0. The van der Waals surface area contributed by atoms with Crippen LogP contribution in [0.15, 0.2) is 134 Å². The SMILES string of the molecule is CCC(=NOC(=O)c1ccccc1)C(=O)c1ccc(Sc2ccccc2)cc1Sc1ccccc1. The molecule has 0 saturated carbocycles. The molecule has 174 valence electrons. The van der Waals surface area contributed by atoms with Crippen molar-refractivity contribution in [3.63, 3.8) is 0 Å². The van der Waals surface area contributed by atoms with Gasteiger partial charge in [0.1, 0.15) is 5.71 Å². The Hall–Kier alpha value is -3.61. The highest BCUT2D eigenvalue weighted by Gasteiger charge is 2.20. The molecule has 0 unspecified atom stereocenters. The van der Waals surface area contributed by atoms with E-state index in [2.05, 4.69) is 17.3 Å². The van der Waals surface area contributed by atoms with Crippen molar-refractivity contribution in [1.82, 2.24) is 0 Å². The molecule has 4 rings (SSSR count). The van der Waals surface area contributed by atoms with Crippen LogP contribution in [0.5, 0.6) is 0 Å². The van der Waals surface area contributed by atoms with E-state index in [9.17, 15) is 9.59 Å². The number of nitrogens with zero attached hydrogens (tertiary/aromatic N) is 1. The smallest absolute Gasteiger partial charge is 0.312 e. The average Bonchev–Trinajstić information content (AvgIpc) is 2.90. The first-order chi connectivity index (χ1) is 17.1. The maximum absolute atomic E-state index is 13.5. The van der Waals surface area contributed by atoms with Crippen LogP contribution >= 0.6 is 23.5 Å². The van der Waals surface area contributed by atoms with Crippen molar-refractivity contribution in [2.45, 2.75) is 32.9 Å². The minimum atomic E-state index is -0.599. The summed E-state index contributed by atoms with van der Waals surface area (Å²) in [6.07, 6.45) is 0.330. The molecule has 0 atom stereocenters. The Balaban J connectivity index is 1.62. The van der Waals surface area contributed by atoms with Gasteiger partial charge in [-0.1, -0.05) is 90.2 Å². The fourth-order valence-corrected chi connectivity index (χ4v) is 5.18. The van der Waals surface area contributed by atoms with Gasteiger partial charge in [-0.05, 0) is 61.0 Å². The summed E-state index contributed by atoms with van der Waals surface area (Å²) in [5.41, 5.74) is 1.09. The molecule has 35 heavy (non-hydrogen) atoms. The molecular formula is C29H23NO3S2. The minimum absolute atomic E-state index is 0.188. The van der Waals surface area contributed by atoms with Gasteiger partial charge in [-0.15, -0.1) is 0 Å². The number of carbonyl (C=O) groups is 2. The van der Waals surface area contributed by atoms with Gasteiger partial charge >= 0.3 is 5.97 Å². The molecule has 0 aliphatic heterocycles. The number of benzene rings is 4. The number of hydrogen-bond acceptors (Lipinski definition) is 6. The summed E-state index contributed by atoms with van der Waals surface area (Å²) >= 11 is 3.15. The molecule has 0 N–H and O–H groups in total. The maximum atomic E-state index is 13.5. The molecular weight excluding hydrogens is 474 g/mol. The summed E-state index contributed by atoms with van der Waals surface area (Å²) in [7, 11) is 0. The number of carbonyl (C=O) groups excluding carboxylic acids is 2. The van der Waals surface area contributed by atoms with Crippen molar-refractivity contribution in [2.75, 3.05) is 0 Å². The van der Waals surface area contributed by atoms with E-state index in [1.165, 1.54) is 11.8 Å². The molecule has 0 aliphatic rings. The Morgan fingerprint density at radius 3 is 1.89 bits per heavy atom. The van der Waals surface area contributed by atoms with E-state index in [-0.39, 0.29) is 11.5 Å². The van der Waals surface area contributed by atoms with Gasteiger partial charge in [0.2, 0.25) is 5.78 Å². The topological polar surface area (TPSA) is 55.7 Å². The second-order valence-corrected chi connectivity index (χ2v) is 9.72. The van der Waals surface area contributed by atoms with Crippen LogP contribution in [0.25, 0.3) is 0 Å². The van der Waals surface area contributed by atoms with E-state index in [0.29, 0.717) is 17.5 Å². The monoisotopic (exact) mass is 497 g/mol. The van der Waals surface area contributed by atoms with E-state index < -0.39 is 5.97 Å². The molecule has 0 heterocycles. The molecule has 4 aromatic rings. The molecule has 0 spiro atoms. The summed E-state index contributed by atoms with van der Waals surface area (Å²) in [5, 5.41) is 3.94. The van der Waals surface area contributed by atoms with Gasteiger partial charge in [0.05, 0.1) is 5.56 Å². The summed E-state index contributed by atoms with van der Waals surface area (Å²) in [6.45, 7) is 1.82. The van der Waals surface area contributed by atoms with Crippen LogP contribution in [0.3, 0.4) is 0 Å². The van der Waals surface area contributed by atoms with Crippen molar-refractivity contribution in [3.8, 4) is 0 Å². The van der Waals surface area contributed by atoms with Crippen LogP contribution in [0.2, 0.25) is 0 Å². The fourth-order valence-electron chi connectivity index (χ4n) is 3.22. The third-order valence-electron chi connectivity index (χ3n) is 4.99. The second kappa shape index (κ2) is 12.2. The minimum Gasteiger partial charge on any atom is -0.312 e. The van der Waals surface area contributed by atoms with Crippen LogP contribution in [0.1, 0.15) is 34.1 Å². The lowest BCUT2D eigenvalue weighted by Crippen LogP contribution is -2.16. The standard InChI is InChI=1S/C29H23NO3S2/c1-2-26(30-33-29(32)21-12-6-3-7-13-21)28(31)25-19-18-24(34-22-14-8-4-9-15-22)20-27(25)35-23-16-10-5-11-17-23/h3-20H,2H2,1H3. The quantitative estimate of drug-likeness (QED) is 0.102. The second-order valence-electron chi connectivity index (χ2n) is 7.45. The number of Topliss-reactive ketones (excluding diaryl/α,β-unsaturated/α-hetero) is 1. The Labute approximate surface area is 213 Å². The Morgan fingerprint density at radius 2 is 1.29 bits per heavy atom. The van der Waals surface area contributed by atoms with Crippen LogP contribution in [-0.2, 0) is 4.84 Å². The van der Waals surface area contributed by atoms with Gasteiger partial charge in [0.15, 0.2) is 0 Å². The van der Waals surface area contributed by atoms with Crippen LogP contribution in [-0.4, -0.2) is 17.5 Å². The lowest BCUT2D eigenvalue weighted by molar-refractivity contribution is 0.0515. The predicted octanol–water partition coefficient (Wildman–Crippen LogP) is 7.79. The van der Waals surface area contributed by atoms with Gasteiger partial charge in [0.25, 0.3) is 0 Å². The van der Waals surface area contributed by atoms with E-state index in [1.807, 2.05) is 79.7 Å². The van der Waals surface area contributed by atoms with Crippen molar-refractivity contribution in [3.05, 3.63) is 120 Å². The van der Waals surface area contributed by atoms with Gasteiger partial charge in [0, 0.05) is 25.1 Å². The molecule has 0 saturated heterocycles. The predicted molar refractivity (Wildman–Crippen MR) is 141 cm³/mol. The number of ketones is 1. The first-order valence-electron chi connectivity index (χ1n) is 11.1. The highest BCUT2D eigenvalue weighted by molar-refractivity contribution is 8.00. The van der Waals surface area contributed by atoms with Crippen molar-refractivity contribution >= 4 is 41.0 Å². The number of rotatable bonds is 9. The van der Waals surface area contributed by atoms with E-state index >= 15 is 0 Å². The lowest BCUT2D eigenvalue weighted by atomic mass is 10.1. The molecule has 0 amide bonds. The zero-order valence-corrected chi connectivity index (χ0v) is 20.7. The average molecular weight is 498 g/mol. The Morgan fingerprint density at radius 1 is 0.714 bits per heavy atom. The summed E-state index contributed by atoms with van der Waals surface area (Å²) in [5.74, 6) is -0.860. The molecule has 4 nitrogen and oxygen atoms in total. The molecule has 0 aliphatic carbocycles. The van der Waals surface area contributed by atoms with Crippen molar-refractivity contribution < 1.29 is 14.4 Å². The first kappa shape index (κ1) is 24.5. The third kappa shape index (κ3) is 6.72. The molecule has 0 radical (unpaired) electrons. The first-order valence-corrected chi connectivity index (χ1v) is 12.7. The molecule has 4 aromatic carbocycles. The van der Waals surface area contributed by atoms with E-state index in [4.69, 9.17) is 4.84 Å². The molecule has 0 aromatic heterocycles. The molecule has 0 fully saturated rings. The zero-order chi connectivity index (χ0) is 24.5. The van der Waals surface area contributed by atoms with Crippen LogP contribution in [0.4, 0.5) is 0 Å². The molecule has 6 heteroatoms. The van der Waals surface area contributed by atoms with Crippen molar-refractivity contribution in [1.29, 1.82) is 0 Å². The van der Waals surface area contributed by atoms with Gasteiger partial charge in [-0.25, -0.2) is 4.79 Å². The summed E-state index contributed by atoms with van der Waals surface area (Å²) in [4.78, 5) is 34.8. The Kier molecular flexibility index (Phi) is 8.54.